The van der Waals surface area contributed by atoms with Crippen LogP contribution in [0.4, 0.5) is 0 Å². The summed E-state index contributed by atoms with van der Waals surface area (Å²) in [6.07, 6.45) is 0.274. The molecule has 1 heterocycles. The minimum Gasteiger partial charge on any atom is -0.396 e. The first-order chi connectivity index (χ1) is 12.3. The van der Waals surface area contributed by atoms with Crippen LogP contribution in [0.25, 0.3) is 0 Å². The van der Waals surface area contributed by atoms with E-state index in [2.05, 4.69) is 16.0 Å². The quantitative estimate of drug-likeness (QED) is 0.571. The van der Waals surface area contributed by atoms with Gasteiger partial charge in [-0.2, -0.15) is 0 Å². The first-order valence-corrected chi connectivity index (χ1v) is 9.44. The molecule has 2 rings (SSSR count). The number of hydrogen-bond acceptors (Lipinski definition) is 5. The highest BCUT2D eigenvalue weighted by Gasteiger charge is 2.13. The second-order valence-corrected chi connectivity index (χ2v) is 7.34. The van der Waals surface area contributed by atoms with Crippen molar-refractivity contribution in [2.24, 2.45) is 0 Å². The van der Waals surface area contributed by atoms with Crippen molar-refractivity contribution in [3.8, 4) is 0 Å². The Balaban J connectivity index is 1.98. The Kier molecular flexibility index (Phi) is 6.99. The zero-order valence-corrected chi connectivity index (χ0v) is 16.4. The fraction of sp³-hybridized carbons (Fsp3) is 0.421. The fourth-order valence-corrected chi connectivity index (χ4v) is 3.51. The molecule has 0 atom stereocenters. The maximum absolute atomic E-state index is 12.4. The fourth-order valence-electron chi connectivity index (χ4n) is 2.67. The van der Waals surface area contributed by atoms with Crippen molar-refractivity contribution in [1.82, 2.24) is 14.9 Å². The average Bonchev–Trinajstić information content (AvgIpc) is 2.58. The normalized spacial score (nSPS) is 10.8. The van der Waals surface area contributed by atoms with E-state index >= 15 is 0 Å². The third kappa shape index (κ3) is 5.19. The van der Waals surface area contributed by atoms with E-state index in [0.29, 0.717) is 23.0 Å². The monoisotopic (exact) mass is 375 g/mol. The van der Waals surface area contributed by atoms with Gasteiger partial charge in [0, 0.05) is 37.9 Å². The van der Waals surface area contributed by atoms with Crippen molar-refractivity contribution in [1.29, 1.82) is 0 Å². The third-order valence-electron chi connectivity index (χ3n) is 4.23. The molecule has 0 spiro atoms. The Labute approximate surface area is 157 Å². The number of H-pyrrole nitrogens is 1. The number of carbonyl (C=O) groups excluding carboxylic acids is 1. The lowest BCUT2D eigenvalue weighted by Crippen LogP contribution is -2.28. The topological polar surface area (TPSA) is 86.3 Å². The van der Waals surface area contributed by atoms with E-state index in [1.54, 1.807) is 18.9 Å². The van der Waals surface area contributed by atoms with E-state index < -0.39 is 0 Å². The number of aromatic amines is 1. The van der Waals surface area contributed by atoms with Crippen molar-refractivity contribution in [2.45, 2.75) is 38.9 Å². The number of aromatic nitrogens is 2. The van der Waals surface area contributed by atoms with Gasteiger partial charge in [0.05, 0.1) is 5.75 Å². The Hall–Kier alpha value is -2.12. The van der Waals surface area contributed by atoms with E-state index in [1.165, 1.54) is 22.9 Å². The summed E-state index contributed by atoms with van der Waals surface area (Å²) in [5, 5.41) is 9.41. The molecule has 140 valence electrons. The summed E-state index contributed by atoms with van der Waals surface area (Å²) in [7, 11) is 1.77. The molecule has 0 radical (unpaired) electrons. The molecule has 2 N–H and O–H groups in total. The van der Waals surface area contributed by atoms with Gasteiger partial charge < -0.3 is 15.0 Å². The van der Waals surface area contributed by atoms with Crippen LogP contribution in [0.5, 0.6) is 0 Å². The largest absolute Gasteiger partial charge is 0.396 e. The maximum Gasteiger partial charge on any atom is 0.255 e. The molecule has 1 aromatic heterocycles. The van der Waals surface area contributed by atoms with Gasteiger partial charge in [0.15, 0.2) is 5.16 Å². The van der Waals surface area contributed by atoms with Gasteiger partial charge in [-0.1, -0.05) is 35.5 Å². The van der Waals surface area contributed by atoms with Gasteiger partial charge in [0.1, 0.15) is 0 Å². The molecule has 0 aliphatic carbocycles. The Morgan fingerprint density at radius 3 is 2.65 bits per heavy atom. The highest BCUT2D eigenvalue weighted by atomic mass is 32.2. The minimum absolute atomic E-state index is 0.0327. The summed E-state index contributed by atoms with van der Waals surface area (Å²) < 4.78 is 0. The van der Waals surface area contributed by atoms with Crippen molar-refractivity contribution in [3.05, 3.63) is 56.5 Å². The summed E-state index contributed by atoms with van der Waals surface area (Å²) in [6.45, 7) is 6.27. The number of thioether (sulfide) groups is 1. The van der Waals surface area contributed by atoms with Crippen LogP contribution in [-0.4, -0.2) is 45.3 Å². The Morgan fingerprint density at radius 1 is 1.31 bits per heavy atom. The van der Waals surface area contributed by atoms with E-state index in [1.807, 2.05) is 26.0 Å². The van der Waals surface area contributed by atoms with Crippen LogP contribution in [0, 0.1) is 20.8 Å². The average molecular weight is 375 g/mol. The SMILES string of the molecule is Cc1ccc(CN(C)C(=O)CSc2nc(C)c(CCO)c(=O)[nH]2)c(C)c1. The standard InChI is InChI=1S/C19H25N3O3S/c1-12-5-6-15(13(2)9-12)10-22(4)17(24)11-26-19-20-14(3)16(7-8-23)18(25)21-19/h5-6,9,23H,7-8,10-11H2,1-4H3,(H,20,21,25). The lowest BCUT2D eigenvalue weighted by atomic mass is 10.1. The minimum atomic E-state index is -0.259. The molecule has 0 saturated heterocycles. The van der Waals surface area contributed by atoms with Crippen molar-refractivity contribution in [3.63, 3.8) is 0 Å². The van der Waals surface area contributed by atoms with Crippen LogP contribution in [0.2, 0.25) is 0 Å². The van der Waals surface area contributed by atoms with Crippen molar-refractivity contribution >= 4 is 17.7 Å². The highest BCUT2D eigenvalue weighted by Crippen LogP contribution is 2.16. The predicted octanol–water partition coefficient (Wildman–Crippen LogP) is 1.98. The van der Waals surface area contributed by atoms with E-state index in [4.69, 9.17) is 5.11 Å². The van der Waals surface area contributed by atoms with Gasteiger partial charge in [0.2, 0.25) is 5.91 Å². The first-order valence-electron chi connectivity index (χ1n) is 8.45. The molecule has 1 aromatic carbocycles. The Bertz CT molecular complexity index is 848. The van der Waals surface area contributed by atoms with Gasteiger partial charge in [-0.25, -0.2) is 4.98 Å². The van der Waals surface area contributed by atoms with Gasteiger partial charge in [-0.3, -0.25) is 9.59 Å². The number of aliphatic hydroxyl groups is 1. The van der Waals surface area contributed by atoms with E-state index in [0.717, 1.165) is 5.56 Å². The summed E-state index contributed by atoms with van der Waals surface area (Å²) in [5.74, 6) is 0.165. The highest BCUT2D eigenvalue weighted by molar-refractivity contribution is 7.99. The molecular weight excluding hydrogens is 350 g/mol. The number of rotatable bonds is 7. The molecule has 0 bridgehead atoms. The first kappa shape index (κ1) is 20.2. The molecule has 2 aromatic rings. The molecular formula is C19H25N3O3S. The maximum atomic E-state index is 12.4. The van der Waals surface area contributed by atoms with Gasteiger partial charge in [-0.05, 0) is 31.9 Å². The number of carbonyl (C=O) groups is 1. The molecule has 7 heteroatoms. The lowest BCUT2D eigenvalue weighted by Gasteiger charge is -2.18. The summed E-state index contributed by atoms with van der Waals surface area (Å²) in [5.41, 5.74) is 4.29. The predicted molar refractivity (Wildman–Crippen MR) is 103 cm³/mol. The zero-order chi connectivity index (χ0) is 19.3. The van der Waals surface area contributed by atoms with Gasteiger partial charge in [0.25, 0.3) is 5.56 Å². The van der Waals surface area contributed by atoms with Crippen LogP contribution in [0.3, 0.4) is 0 Å². The summed E-state index contributed by atoms with van der Waals surface area (Å²) in [4.78, 5) is 33.1. The molecule has 0 fully saturated rings. The number of nitrogens with one attached hydrogen (secondary N) is 1. The summed E-state index contributed by atoms with van der Waals surface area (Å²) >= 11 is 1.21. The number of hydrogen-bond donors (Lipinski definition) is 2. The lowest BCUT2D eigenvalue weighted by molar-refractivity contribution is -0.127. The second-order valence-electron chi connectivity index (χ2n) is 6.38. The molecule has 0 aliphatic rings. The smallest absolute Gasteiger partial charge is 0.255 e. The Morgan fingerprint density at radius 2 is 2.04 bits per heavy atom. The number of benzene rings is 1. The van der Waals surface area contributed by atoms with Crippen LogP contribution < -0.4 is 5.56 Å². The van der Waals surface area contributed by atoms with Crippen molar-refractivity contribution < 1.29 is 9.90 Å². The molecule has 0 aliphatic heterocycles. The van der Waals surface area contributed by atoms with E-state index in [9.17, 15) is 9.59 Å². The number of amides is 1. The third-order valence-corrected chi connectivity index (χ3v) is 5.08. The van der Waals surface area contributed by atoms with Crippen LogP contribution in [0.1, 0.15) is 27.9 Å². The van der Waals surface area contributed by atoms with Crippen LogP contribution in [0.15, 0.2) is 28.2 Å². The van der Waals surface area contributed by atoms with Crippen molar-refractivity contribution in [2.75, 3.05) is 19.4 Å². The molecule has 0 unspecified atom stereocenters. The van der Waals surface area contributed by atoms with Gasteiger partial charge >= 0.3 is 0 Å². The number of nitrogens with zero attached hydrogens (tertiary/aromatic N) is 2. The second kappa shape index (κ2) is 9.00. The van der Waals surface area contributed by atoms with Gasteiger partial charge in [-0.15, -0.1) is 0 Å². The van der Waals surface area contributed by atoms with Crippen LogP contribution >= 0.6 is 11.8 Å². The zero-order valence-electron chi connectivity index (χ0n) is 15.6. The number of aliphatic hydroxyl groups excluding tert-OH is 1. The molecule has 1 amide bonds. The summed E-state index contributed by atoms with van der Waals surface area (Å²) in [6, 6.07) is 6.19. The number of aryl methyl sites for hydroxylation is 3. The van der Waals surface area contributed by atoms with Crippen LogP contribution in [-0.2, 0) is 17.8 Å². The molecule has 0 saturated carbocycles. The molecule has 6 nitrogen and oxygen atoms in total. The van der Waals surface area contributed by atoms with E-state index in [-0.39, 0.29) is 30.2 Å². The molecule has 26 heavy (non-hydrogen) atoms.